The monoisotopic (exact) mass is 294 g/mol. The first-order chi connectivity index (χ1) is 10.1. The van der Waals surface area contributed by atoms with Crippen LogP contribution in [0.1, 0.15) is 59.3 Å². The van der Waals surface area contributed by atoms with Crippen LogP contribution < -0.4 is 0 Å². The minimum Gasteiger partial charge on any atom is -0.300 e. The highest BCUT2D eigenvalue weighted by Crippen LogP contribution is 2.26. The Bertz CT molecular complexity index is 313. The van der Waals surface area contributed by atoms with E-state index in [-0.39, 0.29) is 0 Å². The molecule has 3 nitrogen and oxygen atoms in total. The summed E-state index contributed by atoms with van der Waals surface area (Å²) >= 11 is 0. The van der Waals surface area contributed by atoms with E-state index in [1.54, 1.807) is 0 Å². The number of piperidine rings is 2. The number of carbonyl (C=O) groups is 1. The van der Waals surface area contributed by atoms with Gasteiger partial charge in [0.25, 0.3) is 0 Å². The second kappa shape index (κ2) is 8.28. The van der Waals surface area contributed by atoms with Gasteiger partial charge in [0.2, 0.25) is 0 Å². The van der Waals surface area contributed by atoms with Gasteiger partial charge in [-0.25, -0.2) is 0 Å². The number of hydrogen-bond acceptors (Lipinski definition) is 3. The standard InChI is InChI=1S/C18H34N2O/c1-4-18(21)13-16-5-9-19(10-6-16)14-20-11-7-17(8-12-20)15(2)3/h15-17H,4-14H2,1-3H3. The van der Waals surface area contributed by atoms with Crippen LogP contribution in [-0.4, -0.2) is 48.4 Å². The number of rotatable bonds is 6. The van der Waals surface area contributed by atoms with Crippen LogP contribution in [0.2, 0.25) is 0 Å². The normalized spacial score (nSPS) is 23.8. The molecule has 0 aliphatic carbocycles. The summed E-state index contributed by atoms with van der Waals surface area (Å²) in [6.07, 6.45) is 6.72. The molecule has 0 bridgehead atoms. The molecule has 2 fully saturated rings. The molecule has 2 aliphatic heterocycles. The van der Waals surface area contributed by atoms with Crippen molar-refractivity contribution in [3.63, 3.8) is 0 Å². The van der Waals surface area contributed by atoms with Crippen molar-refractivity contribution in [1.29, 1.82) is 0 Å². The Kier molecular flexibility index (Phi) is 6.69. The Hall–Kier alpha value is -0.410. The molecule has 3 heteroatoms. The van der Waals surface area contributed by atoms with Crippen LogP contribution in [0.25, 0.3) is 0 Å². The van der Waals surface area contributed by atoms with E-state index in [1.165, 1.54) is 51.9 Å². The fourth-order valence-electron chi connectivity index (χ4n) is 3.84. The van der Waals surface area contributed by atoms with Gasteiger partial charge in [-0.1, -0.05) is 20.8 Å². The SMILES string of the molecule is CCC(=O)CC1CCN(CN2CCC(C(C)C)CC2)CC1. The predicted molar refractivity (Wildman–Crippen MR) is 88.2 cm³/mol. The van der Waals surface area contributed by atoms with E-state index in [0.717, 1.165) is 24.9 Å². The van der Waals surface area contributed by atoms with Gasteiger partial charge in [-0.05, 0) is 69.6 Å². The molecular weight excluding hydrogens is 260 g/mol. The van der Waals surface area contributed by atoms with E-state index in [4.69, 9.17) is 0 Å². The molecule has 0 radical (unpaired) electrons. The molecule has 0 aromatic rings. The fourth-order valence-corrected chi connectivity index (χ4v) is 3.84. The highest BCUT2D eigenvalue weighted by atomic mass is 16.1. The first kappa shape index (κ1) is 17.0. The number of carbonyl (C=O) groups excluding carboxylic acids is 1. The van der Waals surface area contributed by atoms with E-state index in [9.17, 15) is 4.79 Å². The average molecular weight is 294 g/mol. The third-order valence-electron chi connectivity index (χ3n) is 5.59. The minimum atomic E-state index is 0.448. The quantitative estimate of drug-likeness (QED) is 0.750. The van der Waals surface area contributed by atoms with Crippen LogP contribution in [0.15, 0.2) is 0 Å². The maximum absolute atomic E-state index is 11.5. The molecule has 2 rings (SSSR count). The molecule has 21 heavy (non-hydrogen) atoms. The summed E-state index contributed by atoms with van der Waals surface area (Å²) in [5.74, 6) is 2.88. The number of ketones is 1. The Morgan fingerprint density at radius 1 is 1.00 bits per heavy atom. The molecule has 0 aromatic carbocycles. The van der Waals surface area contributed by atoms with Gasteiger partial charge in [-0.3, -0.25) is 14.6 Å². The van der Waals surface area contributed by atoms with Crippen molar-refractivity contribution in [2.45, 2.75) is 59.3 Å². The van der Waals surface area contributed by atoms with Gasteiger partial charge in [0, 0.05) is 12.8 Å². The lowest BCUT2D eigenvalue weighted by molar-refractivity contribution is -0.120. The largest absolute Gasteiger partial charge is 0.300 e. The fraction of sp³-hybridized carbons (Fsp3) is 0.944. The van der Waals surface area contributed by atoms with Gasteiger partial charge in [0.1, 0.15) is 5.78 Å². The van der Waals surface area contributed by atoms with Crippen LogP contribution in [0, 0.1) is 17.8 Å². The maximum Gasteiger partial charge on any atom is 0.132 e. The zero-order chi connectivity index (χ0) is 15.2. The van der Waals surface area contributed by atoms with Gasteiger partial charge in [-0.15, -0.1) is 0 Å². The lowest BCUT2D eigenvalue weighted by Gasteiger charge is -2.39. The third kappa shape index (κ3) is 5.37. The van der Waals surface area contributed by atoms with E-state index >= 15 is 0 Å². The zero-order valence-electron chi connectivity index (χ0n) is 14.3. The summed E-state index contributed by atoms with van der Waals surface area (Å²) in [5, 5.41) is 0. The summed E-state index contributed by atoms with van der Waals surface area (Å²) in [7, 11) is 0. The molecule has 0 atom stereocenters. The minimum absolute atomic E-state index is 0.448. The van der Waals surface area contributed by atoms with Crippen molar-refractivity contribution in [2.75, 3.05) is 32.8 Å². The number of hydrogen-bond donors (Lipinski definition) is 0. The van der Waals surface area contributed by atoms with Crippen molar-refractivity contribution in [3.8, 4) is 0 Å². The first-order valence-corrected chi connectivity index (χ1v) is 9.04. The molecule has 2 saturated heterocycles. The average Bonchev–Trinajstić information content (AvgIpc) is 2.49. The molecule has 0 unspecified atom stereocenters. The highest BCUT2D eigenvalue weighted by molar-refractivity contribution is 5.78. The molecular formula is C18H34N2O. The van der Waals surface area contributed by atoms with Crippen molar-refractivity contribution >= 4 is 5.78 Å². The van der Waals surface area contributed by atoms with Crippen LogP contribution in [0.3, 0.4) is 0 Å². The molecule has 0 saturated carbocycles. The van der Waals surface area contributed by atoms with E-state index in [1.807, 2.05) is 6.92 Å². The second-order valence-corrected chi connectivity index (χ2v) is 7.50. The molecule has 0 aromatic heterocycles. The van der Waals surface area contributed by atoms with Gasteiger partial charge >= 0.3 is 0 Å². The number of nitrogens with zero attached hydrogens (tertiary/aromatic N) is 2. The summed E-state index contributed by atoms with van der Waals surface area (Å²) < 4.78 is 0. The van der Waals surface area contributed by atoms with Crippen LogP contribution in [0.4, 0.5) is 0 Å². The number of likely N-dealkylation sites (tertiary alicyclic amines) is 2. The summed E-state index contributed by atoms with van der Waals surface area (Å²) in [6, 6.07) is 0. The lowest BCUT2D eigenvalue weighted by atomic mass is 9.87. The summed E-state index contributed by atoms with van der Waals surface area (Å²) in [6.45, 7) is 12.8. The van der Waals surface area contributed by atoms with Crippen molar-refractivity contribution in [3.05, 3.63) is 0 Å². The Morgan fingerprint density at radius 2 is 1.52 bits per heavy atom. The second-order valence-electron chi connectivity index (χ2n) is 7.50. The Balaban J connectivity index is 1.64. The molecule has 122 valence electrons. The van der Waals surface area contributed by atoms with Gasteiger partial charge < -0.3 is 0 Å². The molecule has 2 heterocycles. The topological polar surface area (TPSA) is 23.6 Å². The third-order valence-corrected chi connectivity index (χ3v) is 5.59. The highest BCUT2D eigenvalue weighted by Gasteiger charge is 2.25. The molecule has 2 aliphatic rings. The van der Waals surface area contributed by atoms with Crippen molar-refractivity contribution < 1.29 is 4.79 Å². The summed E-state index contributed by atoms with van der Waals surface area (Å²) in [5.41, 5.74) is 0. The Morgan fingerprint density at radius 3 is 2.00 bits per heavy atom. The van der Waals surface area contributed by atoms with Crippen molar-refractivity contribution in [1.82, 2.24) is 9.80 Å². The summed E-state index contributed by atoms with van der Waals surface area (Å²) in [4.78, 5) is 16.8. The maximum atomic E-state index is 11.5. The van der Waals surface area contributed by atoms with E-state index in [2.05, 4.69) is 23.6 Å². The van der Waals surface area contributed by atoms with Crippen LogP contribution in [-0.2, 0) is 4.79 Å². The molecule has 0 spiro atoms. The number of Topliss-reactive ketones (excluding diaryl/α,β-unsaturated/α-hetero) is 1. The van der Waals surface area contributed by atoms with Gasteiger partial charge in [-0.2, -0.15) is 0 Å². The van der Waals surface area contributed by atoms with Crippen LogP contribution >= 0.6 is 0 Å². The van der Waals surface area contributed by atoms with Crippen LogP contribution in [0.5, 0.6) is 0 Å². The lowest BCUT2D eigenvalue weighted by Crippen LogP contribution is -2.45. The molecule has 0 amide bonds. The predicted octanol–water partition coefficient (Wildman–Crippen LogP) is 3.39. The van der Waals surface area contributed by atoms with Gasteiger partial charge in [0.15, 0.2) is 0 Å². The smallest absolute Gasteiger partial charge is 0.132 e. The Labute approximate surface area is 131 Å². The van der Waals surface area contributed by atoms with Crippen molar-refractivity contribution in [2.24, 2.45) is 17.8 Å². The van der Waals surface area contributed by atoms with E-state index < -0.39 is 0 Å². The zero-order valence-corrected chi connectivity index (χ0v) is 14.3. The van der Waals surface area contributed by atoms with E-state index in [0.29, 0.717) is 18.1 Å². The van der Waals surface area contributed by atoms with Gasteiger partial charge in [0.05, 0.1) is 6.67 Å². The molecule has 0 N–H and O–H groups in total. The first-order valence-electron chi connectivity index (χ1n) is 9.04.